The molecule has 0 aliphatic heterocycles. The van der Waals surface area contributed by atoms with Gasteiger partial charge in [-0.15, -0.1) is 0 Å². The molecule has 0 amide bonds. The summed E-state index contributed by atoms with van der Waals surface area (Å²) in [4.78, 5) is 12.2. The van der Waals surface area contributed by atoms with Gasteiger partial charge in [0.2, 0.25) is 0 Å². The van der Waals surface area contributed by atoms with Crippen LogP contribution in [0.4, 0.5) is 0 Å². The fourth-order valence-corrected chi connectivity index (χ4v) is 1.73. The Bertz CT molecular complexity index is 380. The van der Waals surface area contributed by atoms with Crippen LogP contribution in [0.3, 0.4) is 0 Å². The van der Waals surface area contributed by atoms with Crippen LogP contribution < -0.4 is 14.8 Å². The number of Topliss-reactive ketones (excluding diaryl/α,β-unsaturated/α-hetero) is 1. The molecule has 1 aromatic rings. The van der Waals surface area contributed by atoms with Gasteiger partial charge in [-0.05, 0) is 12.1 Å². The molecule has 0 aromatic heterocycles. The van der Waals surface area contributed by atoms with Crippen LogP contribution in [0.15, 0.2) is 18.2 Å². The molecule has 0 heterocycles. The van der Waals surface area contributed by atoms with E-state index in [0.29, 0.717) is 36.1 Å². The minimum absolute atomic E-state index is 0.0254. The van der Waals surface area contributed by atoms with E-state index in [1.54, 1.807) is 32.4 Å². The Kier molecular flexibility index (Phi) is 5.65. The molecule has 1 N–H and O–H groups in total. The van der Waals surface area contributed by atoms with Gasteiger partial charge >= 0.3 is 0 Å². The van der Waals surface area contributed by atoms with Gasteiger partial charge in [-0.3, -0.25) is 4.79 Å². The summed E-state index contributed by atoms with van der Waals surface area (Å²) in [6, 6.07) is 5.72. The predicted octanol–water partition coefficient (Wildman–Crippen LogP) is 2.27. The van der Waals surface area contributed by atoms with Crippen molar-refractivity contribution >= 4 is 5.78 Å². The van der Waals surface area contributed by atoms with E-state index in [1.807, 2.05) is 13.8 Å². The zero-order chi connectivity index (χ0) is 13.5. The van der Waals surface area contributed by atoms with Gasteiger partial charge < -0.3 is 14.8 Å². The first kappa shape index (κ1) is 14.5. The third kappa shape index (κ3) is 3.74. The van der Waals surface area contributed by atoms with Crippen molar-refractivity contribution in [2.24, 2.45) is 0 Å². The highest BCUT2D eigenvalue weighted by Crippen LogP contribution is 2.29. The molecule has 0 fully saturated rings. The molecule has 0 bridgehead atoms. The van der Waals surface area contributed by atoms with Crippen LogP contribution >= 0.6 is 0 Å². The van der Waals surface area contributed by atoms with E-state index in [0.717, 1.165) is 0 Å². The van der Waals surface area contributed by atoms with Crippen LogP contribution in [0.25, 0.3) is 0 Å². The summed E-state index contributed by atoms with van der Waals surface area (Å²) in [5, 5.41) is 3.22. The number of carbonyl (C=O) groups is 1. The van der Waals surface area contributed by atoms with E-state index in [9.17, 15) is 4.79 Å². The topological polar surface area (TPSA) is 47.6 Å². The normalized spacial score (nSPS) is 10.5. The van der Waals surface area contributed by atoms with Crippen molar-refractivity contribution in [3.8, 4) is 11.5 Å². The number of rotatable bonds is 7. The fraction of sp³-hybridized carbons (Fsp3) is 0.500. The SMILES string of the molecule is COc1cccc(OC)c1C(=O)CCNC(C)C. The van der Waals surface area contributed by atoms with Gasteiger partial charge in [-0.1, -0.05) is 19.9 Å². The fourth-order valence-electron chi connectivity index (χ4n) is 1.73. The number of hydrogen-bond acceptors (Lipinski definition) is 4. The largest absolute Gasteiger partial charge is 0.496 e. The highest BCUT2D eigenvalue weighted by atomic mass is 16.5. The average Bonchev–Trinajstić information content (AvgIpc) is 2.36. The third-order valence-electron chi connectivity index (χ3n) is 2.61. The number of ketones is 1. The molecular weight excluding hydrogens is 230 g/mol. The second-order valence-corrected chi connectivity index (χ2v) is 4.32. The van der Waals surface area contributed by atoms with Crippen LogP contribution in [0, 0.1) is 0 Å². The van der Waals surface area contributed by atoms with Gasteiger partial charge in [0.1, 0.15) is 17.1 Å². The van der Waals surface area contributed by atoms with E-state index >= 15 is 0 Å². The van der Waals surface area contributed by atoms with Crippen molar-refractivity contribution in [3.63, 3.8) is 0 Å². The summed E-state index contributed by atoms with van der Waals surface area (Å²) < 4.78 is 10.4. The maximum Gasteiger partial charge on any atom is 0.171 e. The minimum Gasteiger partial charge on any atom is -0.496 e. The standard InChI is InChI=1S/C14H21NO3/c1-10(2)15-9-8-11(16)14-12(17-3)6-5-7-13(14)18-4/h5-7,10,15H,8-9H2,1-4H3. The number of methoxy groups -OCH3 is 2. The molecule has 0 saturated heterocycles. The van der Waals surface area contributed by atoms with Gasteiger partial charge in [0.25, 0.3) is 0 Å². The van der Waals surface area contributed by atoms with Gasteiger partial charge in [0, 0.05) is 19.0 Å². The molecule has 1 rings (SSSR count). The highest BCUT2D eigenvalue weighted by molar-refractivity contribution is 6.01. The molecule has 0 atom stereocenters. The minimum atomic E-state index is 0.0254. The Morgan fingerprint density at radius 1 is 1.22 bits per heavy atom. The van der Waals surface area contributed by atoms with E-state index in [4.69, 9.17) is 9.47 Å². The Labute approximate surface area is 108 Å². The van der Waals surface area contributed by atoms with Gasteiger partial charge in [0.15, 0.2) is 5.78 Å². The van der Waals surface area contributed by atoms with Crippen molar-refractivity contribution < 1.29 is 14.3 Å². The number of benzene rings is 1. The zero-order valence-corrected chi connectivity index (χ0v) is 11.4. The molecule has 0 aliphatic rings. The lowest BCUT2D eigenvalue weighted by Gasteiger charge is -2.12. The molecule has 0 spiro atoms. The molecule has 0 saturated carbocycles. The third-order valence-corrected chi connectivity index (χ3v) is 2.61. The first-order valence-electron chi connectivity index (χ1n) is 6.07. The van der Waals surface area contributed by atoms with E-state index in [2.05, 4.69) is 5.32 Å². The number of ether oxygens (including phenoxy) is 2. The van der Waals surface area contributed by atoms with Crippen LogP contribution in [0.2, 0.25) is 0 Å². The predicted molar refractivity (Wildman–Crippen MR) is 71.6 cm³/mol. The Morgan fingerprint density at radius 3 is 2.22 bits per heavy atom. The lowest BCUT2D eigenvalue weighted by molar-refractivity contribution is 0.0976. The number of carbonyl (C=O) groups excluding carboxylic acids is 1. The van der Waals surface area contributed by atoms with Gasteiger partial charge in [-0.2, -0.15) is 0 Å². The van der Waals surface area contributed by atoms with E-state index < -0.39 is 0 Å². The van der Waals surface area contributed by atoms with Crippen molar-refractivity contribution in [1.29, 1.82) is 0 Å². The van der Waals surface area contributed by atoms with Crippen molar-refractivity contribution in [3.05, 3.63) is 23.8 Å². The van der Waals surface area contributed by atoms with Gasteiger partial charge in [0.05, 0.1) is 14.2 Å². The molecule has 0 radical (unpaired) electrons. The first-order valence-corrected chi connectivity index (χ1v) is 6.07. The maximum atomic E-state index is 12.2. The van der Waals surface area contributed by atoms with Crippen LogP contribution in [-0.2, 0) is 0 Å². The van der Waals surface area contributed by atoms with Crippen molar-refractivity contribution in [2.45, 2.75) is 26.3 Å². The second kappa shape index (κ2) is 7.01. The molecular formula is C14H21NO3. The average molecular weight is 251 g/mol. The summed E-state index contributed by atoms with van der Waals surface area (Å²) in [5.41, 5.74) is 0.521. The molecule has 0 unspecified atom stereocenters. The lowest BCUT2D eigenvalue weighted by atomic mass is 10.1. The van der Waals surface area contributed by atoms with Crippen LogP contribution in [0.1, 0.15) is 30.6 Å². The maximum absolute atomic E-state index is 12.2. The molecule has 0 aliphatic carbocycles. The summed E-state index contributed by atoms with van der Waals surface area (Å²) >= 11 is 0. The quantitative estimate of drug-likeness (QED) is 0.755. The van der Waals surface area contributed by atoms with Crippen LogP contribution in [0.5, 0.6) is 11.5 Å². The van der Waals surface area contributed by atoms with Gasteiger partial charge in [-0.25, -0.2) is 0 Å². The molecule has 4 heteroatoms. The first-order chi connectivity index (χ1) is 8.60. The monoisotopic (exact) mass is 251 g/mol. The summed E-state index contributed by atoms with van der Waals surface area (Å²) in [7, 11) is 3.11. The van der Waals surface area contributed by atoms with E-state index in [-0.39, 0.29) is 5.78 Å². The van der Waals surface area contributed by atoms with Crippen LogP contribution in [-0.4, -0.2) is 32.6 Å². The Balaban J connectivity index is 2.83. The number of nitrogens with one attached hydrogen (secondary N) is 1. The molecule has 100 valence electrons. The summed E-state index contributed by atoms with van der Waals surface area (Å²) in [5.74, 6) is 1.14. The number of hydrogen-bond donors (Lipinski definition) is 1. The Morgan fingerprint density at radius 2 is 1.78 bits per heavy atom. The molecule has 1 aromatic carbocycles. The molecule has 4 nitrogen and oxygen atoms in total. The van der Waals surface area contributed by atoms with Crippen molar-refractivity contribution in [2.75, 3.05) is 20.8 Å². The zero-order valence-electron chi connectivity index (χ0n) is 11.4. The lowest BCUT2D eigenvalue weighted by Crippen LogP contribution is -2.25. The smallest absolute Gasteiger partial charge is 0.171 e. The highest BCUT2D eigenvalue weighted by Gasteiger charge is 2.17. The summed E-state index contributed by atoms with van der Waals surface area (Å²) in [6.07, 6.45) is 0.426. The Hall–Kier alpha value is -1.55. The second-order valence-electron chi connectivity index (χ2n) is 4.32. The summed E-state index contributed by atoms with van der Waals surface area (Å²) in [6.45, 7) is 4.75. The van der Waals surface area contributed by atoms with E-state index in [1.165, 1.54) is 0 Å². The van der Waals surface area contributed by atoms with Crippen molar-refractivity contribution in [1.82, 2.24) is 5.32 Å². The molecule has 18 heavy (non-hydrogen) atoms.